The summed E-state index contributed by atoms with van der Waals surface area (Å²) in [5.41, 5.74) is 0.0272. The number of hydrogen-bond donors (Lipinski definition) is 1. The third-order valence-corrected chi connectivity index (χ3v) is 4.05. The minimum atomic E-state index is -3.57. The number of ether oxygens (including phenoxy) is 1. The fourth-order valence-electron chi connectivity index (χ4n) is 1.84. The molecule has 2 aromatic rings. The van der Waals surface area contributed by atoms with Crippen LogP contribution in [0.1, 0.15) is 0 Å². The SMILES string of the molecule is CS(=O)(=O)c1ccccc1NC(=O)COc1cc(F)c(F)cc1F. The van der Waals surface area contributed by atoms with Crippen LogP contribution >= 0.6 is 0 Å². The second-order valence-electron chi connectivity index (χ2n) is 4.80. The lowest BCUT2D eigenvalue weighted by Gasteiger charge is -2.11. The highest BCUT2D eigenvalue weighted by atomic mass is 32.2. The molecule has 0 aliphatic carbocycles. The first-order chi connectivity index (χ1) is 11.2. The molecule has 0 saturated carbocycles. The predicted octanol–water partition coefficient (Wildman–Crippen LogP) is 2.52. The van der Waals surface area contributed by atoms with Gasteiger partial charge in [-0.1, -0.05) is 12.1 Å². The Morgan fingerprint density at radius 1 is 1.08 bits per heavy atom. The molecule has 0 spiro atoms. The monoisotopic (exact) mass is 359 g/mol. The van der Waals surface area contributed by atoms with Crippen molar-refractivity contribution in [3.63, 3.8) is 0 Å². The highest BCUT2D eigenvalue weighted by molar-refractivity contribution is 7.90. The van der Waals surface area contributed by atoms with Gasteiger partial charge in [-0.15, -0.1) is 0 Å². The Morgan fingerprint density at radius 3 is 2.38 bits per heavy atom. The predicted molar refractivity (Wildman–Crippen MR) is 80.0 cm³/mol. The van der Waals surface area contributed by atoms with Gasteiger partial charge in [0.1, 0.15) is 0 Å². The molecule has 0 aromatic heterocycles. The summed E-state index contributed by atoms with van der Waals surface area (Å²) in [7, 11) is -3.57. The smallest absolute Gasteiger partial charge is 0.262 e. The Bertz CT molecular complexity index is 884. The summed E-state index contributed by atoms with van der Waals surface area (Å²) < 4.78 is 67.2. The van der Waals surface area contributed by atoms with Crippen molar-refractivity contribution in [1.29, 1.82) is 0 Å². The summed E-state index contributed by atoms with van der Waals surface area (Å²) >= 11 is 0. The number of nitrogens with one attached hydrogen (secondary N) is 1. The van der Waals surface area contributed by atoms with Crippen molar-refractivity contribution in [1.82, 2.24) is 0 Å². The number of amides is 1. The lowest BCUT2D eigenvalue weighted by Crippen LogP contribution is -2.21. The van der Waals surface area contributed by atoms with Crippen LogP contribution in [-0.4, -0.2) is 27.2 Å². The quantitative estimate of drug-likeness (QED) is 0.833. The van der Waals surface area contributed by atoms with Crippen LogP contribution in [0.5, 0.6) is 5.75 Å². The average molecular weight is 359 g/mol. The van der Waals surface area contributed by atoms with Gasteiger partial charge in [0.05, 0.1) is 10.6 Å². The lowest BCUT2D eigenvalue weighted by molar-refractivity contribution is -0.118. The lowest BCUT2D eigenvalue weighted by atomic mass is 10.3. The summed E-state index contributed by atoms with van der Waals surface area (Å²) in [5.74, 6) is -5.31. The maximum absolute atomic E-state index is 13.4. The van der Waals surface area contributed by atoms with Crippen molar-refractivity contribution in [3.8, 4) is 5.75 Å². The molecule has 0 aliphatic rings. The topological polar surface area (TPSA) is 72.5 Å². The van der Waals surface area contributed by atoms with Crippen molar-refractivity contribution in [2.24, 2.45) is 0 Å². The van der Waals surface area contributed by atoms with E-state index in [1.165, 1.54) is 24.3 Å². The maximum atomic E-state index is 13.4. The minimum Gasteiger partial charge on any atom is -0.481 e. The molecule has 0 heterocycles. The van der Waals surface area contributed by atoms with Crippen molar-refractivity contribution in [3.05, 3.63) is 53.8 Å². The zero-order valence-corrected chi connectivity index (χ0v) is 13.2. The number of sulfone groups is 1. The number of carbonyl (C=O) groups is 1. The first-order valence-corrected chi connectivity index (χ1v) is 8.44. The standard InChI is InChI=1S/C15H12F3NO4S/c1-24(21,22)14-5-3-2-4-12(14)19-15(20)8-23-13-7-10(17)9(16)6-11(13)18/h2-7H,8H2,1H3,(H,19,20). The molecule has 24 heavy (non-hydrogen) atoms. The third kappa shape index (κ3) is 4.25. The molecule has 0 saturated heterocycles. The fraction of sp³-hybridized carbons (Fsp3) is 0.133. The summed E-state index contributed by atoms with van der Waals surface area (Å²) in [6.45, 7) is -0.722. The molecule has 5 nitrogen and oxygen atoms in total. The summed E-state index contributed by atoms with van der Waals surface area (Å²) in [6.07, 6.45) is 0.977. The first-order valence-electron chi connectivity index (χ1n) is 6.55. The van der Waals surface area contributed by atoms with Crippen LogP contribution in [0.3, 0.4) is 0 Å². The van der Waals surface area contributed by atoms with Crippen molar-refractivity contribution in [2.45, 2.75) is 4.90 Å². The van der Waals surface area contributed by atoms with E-state index in [-0.39, 0.29) is 10.6 Å². The summed E-state index contributed by atoms with van der Waals surface area (Å²) in [4.78, 5) is 11.7. The molecular weight excluding hydrogens is 347 g/mol. The molecule has 0 radical (unpaired) electrons. The molecule has 1 N–H and O–H groups in total. The van der Waals surface area contributed by atoms with Gasteiger partial charge in [0, 0.05) is 18.4 Å². The van der Waals surface area contributed by atoms with Crippen LogP contribution in [0.4, 0.5) is 18.9 Å². The zero-order chi connectivity index (χ0) is 17.9. The first kappa shape index (κ1) is 17.8. The number of para-hydroxylation sites is 1. The molecule has 128 valence electrons. The van der Waals surface area contributed by atoms with E-state index in [4.69, 9.17) is 4.74 Å². The molecular formula is C15H12F3NO4S. The summed E-state index contributed by atoms with van der Waals surface area (Å²) in [6, 6.07) is 6.44. The molecule has 1 amide bonds. The van der Waals surface area contributed by atoms with Gasteiger partial charge in [-0.3, -0.25) is 4.79 Å². The van der Waals surface area contributed by atoms with E-state index in [0.717, 1.165) is 6.26 Å². The Kier molecular flexibility index (Phi) is 5.13. The molecule has 2 aromatic carbocycles. The van der Waals surface area contributed by atoms with Crippen molar-refractivity contribution in [2.75, 3.05) is 18.2 Å². The number of halogens is 3. The number of rotatable bonds is 5. The van der Waals surface area contributed by atoms with Crippen LogP contribution in [0, 0.1) is 17.5 Å². The molecule has 0 aliphatic heterocycles. The molecule has 0 atom stereocenters. The highest BCUT2D eigenvalue weighted by Crippen LogP contribution is 2.22. The van der Waals surface area contributed by atoms with E-state index >= 15 is 0 Å². The van der Waals surface area contributed by atoms with Crippen LogP contribution in [0.25, 0.3) is 0 Å². The number of anilines is 1. The maximum Gasteiger partial charge on any atom is 0.262 e. The second-order valence-corrected chi connectivity index (χ2v) is 6.79. The van der Waals surface area contributed by atoms with E-state index in [1.807, 2.05) is 0 Å². The van der Waals surface area contributed by atoms with Gasteiger partial charge < -0.3 is 10.1 Å². The van der Waals surface area contributed by atoms with E-state index in [0.29, 0.717) is 12.1 Å². The molecule has 2 rings (SSSR count). The second kappa shape index (κ2) is 6.91. The summed E-state index contributed by atoms with van der Waals surface area (Å²) in [5, 5.41) is 2.30. The van der Waals surface area contributed by atoms with Gasteiger partial charge >= 0.3 is 0 Å². The van der Waals surface area contributed by atoms with Crippen molar-refractivity contribution < 1.29 is 31.1 Å². The Balaban J connectivity index is 2.09. The van der Waals surface area contributed by atoms with Gasteiger partial charge in [-0.05, 0) is 12.1 Å². The van der Waals surface area contributed by atoms with E-state index in [2.05, 4.69) is 5.32 Å². The highest BCUT2D eigenvalue weighted by Gasteiger charge is 2.16. The van der Waals surface area contributed by atoms with Gasteiger partial charge in [0.15, 0.2) is 39.6 Å². The average Bonchev–Trinajstić information content (AvgIpc) is 2.49. The van der Waals surface area contributed by atoms with E-state index < -0.39 is 45.6 Å². The Labute approximate surface area is 136 Å². The van der Waals surface area contributed by atoms with Crippen molar-refractivity contribution >= 4 is 21.4 Å². The zero-order valence-electron chi connectivity index (χ0n) is 12.3. The number of benzene rings is 2. The van der Waals surface area contributed by atoms with E-state index in [1.54, 1.807) is 0 Å². The molecule has 0 fully saturated rings. The molecule has 0 bridgehead atoms. The van der Waals surface area contributed by atoms with Gasteiger partial charge in [0.2, 0.25) is 0 Å². The van der Waals surface area contributed by atoms with Crippen LogP contribution in [0.15, 0.2) is 41.3 Å². The largest absolute Gasteiger partial charge is 0.481 e. The number of hydrogen-bond acceptors (Lipinski definition) is 4. The normalized spacial score (nSPS) is 11.2. The Morgan fingerprint density at radius 2 is 1.71 bits per heavy atom. The van der Waals surface area contributed by atoms with Crippen LogP contribution < -0.4 is 10.1 Å². The third-order valence-electron chi connectivity index (χ3n) is 2.89. The minimum absolute atomic E-state index is 0.0272. The molecule has 0 unspecified atom stereocenters. The molecule has 9 heteroatoms. The van der Waals surface area contributed by atoms with Crippen LogP contribution in [0.2, 0.25) is 0 Å². The van der Waals surface area contributed by atoms with Gasteiger partial charge in [0.25, 0.3) is 5.91 Å². The Hall–Kier alpha value is -2.55. The number of carbonyl (C=O) groups excluding carboxylic acids is 1. The van der Waals surface area contributed by atoms with E-state index in [9.17, 15) is 26.4 Å². The van der Waals surface area contributed by atoms with Crippen LogP contribution in [-0.2, 0) is 14.6 Å². The van der Waals surface area contributed by atoms with Gasteiger partial charge in [-0.2, -0.15) is 0 Å². The fourth-order valence-corrected chi connectivity index (χ4v) is 2.68. The van der Waals surface area contributed by atoms with Gasteiger partial charge in [-0.25, -0.2) is 21.6 Å².